The van der Waals surface area contributed by atoms with Crippen LogP contribution in [0.2, 0.25) is 0 Å². The Bertz CT molecular complexity index is 2530. The number of rotatable bonds is 11. The van der Waals surface area contributed by atoms with Gasteiger partial charge in [-0.05, 0) is 78.0 Å². The Hall–Kier alpha value is -6.60. The Labute approximate surface area is 356 Å². The predicted octanol–water partition coefficient (Wildman–Crippen LogP) is 8.11. The second-order valence-corrected chi connectivity index (χ2v) is 16.3. The Balaban J connectivity index is 0.00000561. The monoisotopic (exact) mass is 822 g/mol. The number of aromatic amines is 2. The average molecular weight is 823 g/mol. The molecule has 61 heavy (non-hydrogen) atoms. The van der Waals surface area contributed by atoms with Crippen LogP contribution < -0.4 is 5.32 Å². The molecule has 3 N–H and O–H groups in total. The number of carbonyl (C=O) groups excluding carboxylic acids is 4. The SMILES string of the molecule is C.COC(=O)N[C@H](C(=O)N1CC(=O)C[C@H]1c1ncc(-c2ccc3cc(-c4ccc(-c5cnc([C@@H]6CCCN6C(=O)[C@@H](c6ccccc6)N(C)C)[nH]5)cc4)ccc3c2)[nH]1)C(C)C. The highest BCUT2D eigenvalue weighted by Gasteiger charge is 2.41. The number of hydrogen-bond donors (Lipinski definition) is 3. The molecule has 4 heterocycles. The maximum Gasteiger partial charge on any atom is 0.407 e. The molecule has 3 amide bonds. The molecule has 316 valence electrons. The topological polar surface area (TPSA) is 157 Å². The number of aromatic nitrogens is 4. The molecule has 0 bridgehead atoms. The minimum absolute atomic E-state index is 0. The molecule has 0 spiro atoms. The van der Waals surface area contributed by atoms with E-state index < -0.39 is 18.2 Å². The van der Waals surface area contributed by atoms with Crippen molar-refractivity contribution in [1.29, 1.82) is 0 Å². The van der Waals surface area contributed by atoms with Gasteiger partial charge in [-0.3, -0.25) is 19.3 Å². The van der Waals surface area contributed by atoms with Crippen LogP contribution in [0, 0.1) is 5.92 Å². The maximum atomic E-state index is 13.9. The summed E-state index contributed by atoms with van der Waals surface area (Å²) in [5.41, 5.74) is 6.76. The van der Waals surface area contributed by atoms with E-state index in [1.165, 1.54) is 12.0 Å². The minimum Gasteiger partial charge on any atom is -0.453 e. The predicted molar refractivity (Wildman–Crippen MR) is 236 cm³/mol. The number of likely N-dealkylation sites (N-methyl/N-ethyl adjacent to an activating group) is 1. The molecule has 0 radical (unpaired) electrons. The number of likely N-dealkylation sites (tertiary alicyclic amines) is 2. The summed E-state index contributed by atoms with van der Waals surface area (Å²) in [4.78, 5) is 73.9. The summed E-state index contributed by atoms with van der Waals surface area (Å²) in [7, 11) is 5.14. The van der Waals surface area contributed by atoms with E-state index in [-0.39, 0.29) is 56.0 Å². The van der Waals surface area contributed by atoms with Crippen LogP contribution in [0.4, 0.5) is 4.79 Å². The summed E-state index contributed by atoms with van der Waals surface area (Å²) in [5, 5.41) is 4.74. The zero-order chi connectivity index (χ0) is 42.1. The first kappa shape index (κ1) is 42.5. The van der Waals surface area contributed by atoms with Crippen molar-refractivity contribution in [3.63, 3.8) is 0 Å². The van der Waals surface area contributed by atoms with Gasteiger partial charge in [0.2, 0.25) is 11.8 Å². The van der Waals surface area contributed by atoms with Gasteiger partial charge < -0.3 is 29.8 Å². The van der Waals surface area contributed by atoms with Gasteiger partial charge in [0.25, 0.3) is 0 Å². The number of imidazole rings is 2. The number of Topliss-reactive ketones (excluding diaryl/α,β-unsaturated/α-hetero) is 1. The lowest BCUT2D eigenvalue weighted by molar-refractivity contribution is -0.137. The number of alkyl carbamates (subject to hydrolysis) is 1. The number of ether oxygens (including phenoxy) is 1. The number of benzene rings is 4. The van der Waals surface area contributed by atoms with E-state index in [4.69, 9.17) is 9.72 Å². The molecule has 0 aliphatic carbocycles. The van der Waals surface area contributed by atoms with Crippen LogP contribution in [0.5, 0.6) is 0 Å². The van der Waals surface area contributed by atoms with Gasteiger partial charge in [0, 0.05) is 18.5 Å². The van der Waals surface area contributed by atoms with E-state index in [9.17, 15) is 19.2 Å². The number of methoxy groups -OCH3 is 1. The Kier molecular flexibility index (Phi) is 12.5. The fraction of sp³-hybridized carbons (Fsp3) is 0.333. The van der Waals surface area contributed by atoms with Crippen molar-refractivity contribution in [2.45, 2.75) is 64.7 Å². The van der Waals surface area contributed by atoms with E-state index >= 15 is 0 Å². The van der Waals surface area contributed by atoms with E-state index in [1.807, 2.05) is 80.3 Å². The standard InChI is InChI=1S/C47H50N8O5.CH4/c1-28(2)41(52-47(59)60-5)45(57)55-27-36(56)24-40(55)44-49-26-38(51-44)35-20-19-33-22-32(17-18-34(33)23-35)29-13-15-30(16-14-29)37-25-48-43(50-37)39-12-9-21-54(39)46(58)42(53(3)4)31-10-7-6-8-11-31;/h6-8,10-11,13-20,22-23,25-26,28,39-42H,9,12,21,24,27H2,1-5H3,(H,48,50)(H,49,51)(H,52,59);1H4/t39-,40-,41-,42+;/m0./s1. The molecule has 13 nitrogen and oxygen atoms in total. The summed E-state index contributed by atoms with van der Waals surface area (Å²) in [6.45, 7) is 4.31. The first-order valence-electron chi connectivity index (χ1n) is 20.4. The third-order valence-corrected chi connectivity index (χ3v) is 11.7. The molecule has 13 heteroatoms. The van der Waals surface area contributed by atoms with Gasteiger partial charge in [-0.2, -0.15) is 0 Å². The second kappa shape index (κ2) is 17.9. The average Bonchev–Trinajstić information content (AvgIpc) is 4.09. The van der Waals surface area contributed by atoms with Gasteiger partial charge in [0.05, 0.1) is 49.5 Å². The highest BCUT2D eigenvalue weighted by Crippen LogP contribution is 2.36. The van der Waals surface area contributed by atoms with E-state index in [0.717, 1.165) is 68.6 Å². The number of fused-ring (bicyclic) bond motifs is 1. The third kappa shape index (κ3) is 8.69. The highest BCUT2D eigenvalue weighted by atomic mass is 16.5. The van der Waals surface area contributed by atoms with Gasteiger partial charge in [-0.1, -0.05) is 100 Å². The van der Waals surface area contributed by atoms with Crippen LogP contribution in [0.3, 0.4) is 0 Å². The molecule has 6 aromatic rings. The Morgan fingerprint density at radius 2 is 1.36 bits per heavy atom. The molecule has 2 aliphatic heterocycles. The number of nitrogens with zero attached hydrogens (tertiary/aromatic N) is 5. The fourth-order valence-electron chi connectivity index (χ4n) is 8.55. The summed E-state index contributed by atoms with van der Waals surface area (Å²) in [5.74, 6) is 0.768. The smallest absolute Gasteiger partial charge is 0.407 e. The van der Waals surface area contributed by atoms with E-state index in [1.54, 1.807) is 6.20 Å². The quantitative estimate of drug-likeness (QED) is 0.118. The van der Waals surface area contributed by atoms with Crippen molar-refractivity contribution in [1.82, 2.24) is 40.0 Å². The van der Waals surface area contributed by atoms with Crippen molar-refractivity contribution >= 4 is 34.5 Å². The largest absolute Gasteiger partial charge is 0.453 e. The van der Waals surface area contributed by atoms with Crippen molar-refractivity contribution in [3.8, 4) is 33.6 Å². The van der Waals surface area contributed by atoms with E-state index in [0.29, 0.717) is 12.4 Å². The molecule has 4 atom stereocenters. The zero-order valence-corrected chi connectivity index (χ0v) is 34.5. The molecule has 4 aromatic carbocycles. The fourth-order valence-corrected chi connectivity index (χ4v) is 8.55. The normalized spacial score (nSPS) is 17.5. The molecule has 0 unspecified atom stereocenters. The first-order chi connectivity index (χ1) is 29.0. The molecule has 2 aromatic heterocycles. The molecule has 8 rings (SSSR count). The number of ketones is 1. The lowest BCUT2D eigenvalue weighted by atomic mass is 9.98. The third-order valence-electron chi connectivity index (χ3n) is 11.7. The van der Waals surface area contributed by atoms with Crippen LogP contribution in [0.25, 0.3) is 44.4 Å². The second-order valence-electron chi connectivity index (χ2n) is 16.3. The van der Waals surface area contributed by atoms with Crippen LogP contribution in [-0.4, -0.2) is 98.7 Å². The van der Waals surface area contributed by atoms with Crippen LogP contribution >= 0.6 is 0 Å². The van der Waals surface area contributed by atoms with Gasteiger partial charge in [-0.15, -0.1) is 0 Å². The lowest BCUT2D eigenvalue weighted by Gasteiger charge is -2.31. The minimum atomic E-state index is -0.844. The number of amides is 3. The van der Waals surface area contributed by atoms with Crippen molar-refractivity contribution < 1.29 is 23.9 Å². The zero-order valence-electron chi connectivity index (χ0n) is 34.5. The van der Waals surface area contributed by atoms with Gasteiger partial charge in [-0.25, -0.2) is 14.8 Å². The lowest BCUT2D eigenvalue weighted by Crippen LogP contribution is -2.51. The number of hydrogen-bond acceptors (Lipinski definition) is 8. The van der Waals surface area contributed by atoms with Gasteiger partial charge in [0.1, 0.15) is 23.7 Å². The first-order valence-corrected chi connectivity index (χ1v) is 20.4. The maximum absolute atomic E-state index is 13.9. The number of H-pyrrole nitrogens is 2. The van der Waals surface area contributed by atoms with Crippen LogP contribution in [0.1, 0.15) is 75.9 Å². The van der Waals surface area contributed by atoms with Gasteiger partial charge >= 0.3 is 6.09 Å². The number of carbonyl (C=O) groups is 4. The molecule has 2 aliphatic rings. The molecule has 2 fully saturated rings. The van der Waals surface area contributed by atoms with Crippen LogP contribution in [-0.2, 0) is 19.1 Å². The molecular weight excluding hydrogens is 769 g/mol. The Morgan fingerprint density at radius 1 is 0.770 bits per heavy atom. The molecular formula is C48H54N8O5. The molecule has 2 saturated heterocycles. The van der Waals surface area contributed by atoms with Crippen molar-refractivity contribution in [2.24, 2.45) is 5.92 Å². The summed E-state index contributed by atoms with van der Waals surface area (Å²) < 4.78 is 4.73. The Morgan fingerprint density at radius 3 is 2.00 bits per heavy atom. The van der Waals surface area contributed by atoms with Gasteiger partial charge in [0.15, 0.2) is 5.78 Å². The summed E-state index contributed by atoms with van der Waals surface area (Å²) in [6.07, 6.45) is 4.81. The van der Waals surface area contributed by atoms with E-state index in [2.05, 4.69) is 74.9 Å². The molecule has 0 saturated carbocycles. The van der Waals surface area contributed by atoms with Crippen molar-refractivity contribution in [2.75, 3.05) is 34.3 Å². The highest BCUT2D eigenvalue weighted by molar-refractivity contribution is 5.94. The van der Waals surface area contributed by atoms with Crippen molar-refractivity contribution in [3.05, 3.63) is 121 Å². The number of nitrogens with one attached hydrogen (secondary N) is 3. The summed E-state index contributed by atoms with van der Waals surface area (Å²) in [6, 6.07) is 29.0. The summed E-state index contributed by atoms with van der Waals surface area (Å²) >= 11 is 0. The van der Waals surface area contributed by atoms with Crippen LogP contribution in [0.15, 0.2) is 103 Å².